The Balaban J connectivity index is 2.25. The van der Waals surface area contributed by atoms with Crippen LogP contribution in [0, 0.1) is 11.3 Å². The van der Waals surface area contributed by atoms with Crippen LogP contribution in [0.5, 0.6) is 0 Å². The molecule has 1 saturated carbocycles. The first-order chi connectivity index (χ1) is 7.08. The van der Waals surface area contributed by atoms with Gasteiger partial charge in [0.2, 0.25) is 0 Å². The molecule has 1 fully saturated rings. The lowest BCUT2D eigenvalue weighted by molar-refractivity contribution is 0.0779. The lowest BCUT2D eigenvalue weighted by Crippen LogP contribution is -2.47. The van der Waals surface area contributed by atoms with E-state index in [1.54, 1.807) is 0 Å². The molecule has 2 nitrogen and oxygen atoms in total. The molecule has 0 bridgehead atoms. The summed E-state index contributed by atoms with van der Waals surface area (Å²) in [5, 5.41) is 3.35. The minimum absolute atomic E-state index is 0.598. The highest BCUT2D eigenvalue weighted by Crippen LogP contribution is 2.40. The van der Waals surface area contributed by atoms with Crippen LogP contribution in [0.3, 0.4) is 0 Å². The molecule has 0 amide bonds. The van der Waals surface area contributed by atoms with E-state index in [-0.39, 0.29) is 0 Å². The molecule has 0 radical (unpaired) electrons. The van der Waals surface area contributed by atoms with Gasteiger partial charge in [0.25, 0.3) is 0 Å². The lowest BCUT2D eigenvalue weighted by atomic mass is 9.68. The Kier molecular flexibility index (Phi) is 5.07. The SMILES string of the molecule is CNCC1(CN(C)CCC(C)C)CCC1. The molecule has 0 aromatic heterocycles. The van der Waals surface area contributed by atoms with E-state index >= 15 is 0 Å². The fraction of sp³-hybridized carbons (Fsp3) is 1.00. The van der Waals surface area contributed by atoms with Gasteiger partial charge in [0.05, 0.1) is 0 Å². The van der Waals surface area contributed by atoms with Crippen LogP contribution in [0.25, 0.3) is 0 Å². The summed E-state index contributed by atoms with van der Waals surface area (Å²) in [6, 6.07) is 0. The summed E-state index contributed by atoms with van der Waals surface area (Å²) in [5.41, 5.74) is 0.598. The van der Waals surface area contributed by atoms with Crippen LogP contribution in [-0.4, -0.2) is 38.6 Å². The molecule has 0 aliphatic heterocycles. The lowest BCUT2D eigenvalue weighted by Gasteiger charge is -2.44. The molecule has 1 aliphatic rings. The van der Waals surface area contributed by atoms with Gasteiger partial charge in [0.1, 0.15) is 0 Å². The summed E-state index contributed by atoms with van der Waals surface area (Å²) in [6.45, 7) is 8.34. The summed E-state index contributed by atoms with van der Waals surface area (Å²) in [4.78, 5) is 2.52. The third-order valence-corrected chi connectivity index (χ3v) is 3.66. The van der Waals surface area contributed by atoms with E-state index in [0.717, 1.165) is 5.92 Å². The van der Waals surface area contributed by atoms with E-state index in [9.17, 15) is 0 Å². The van der Waals surface area contributed by atoms with Crippen molar-refractivity contribution in [3.8, 4) is 0 Å². The maximum absolute atomic E-state index is 3.35. The number of hydrogen-bond acceptors (Lipinski definition) is 2. The molecular weight excluding hydrogens is 184 g/mol. The van der Waals surface area contributed by atoms with Crippen LogP contribution in [0.15, 0.2) is 0 Å². The Hall–Kier alpha value is -0.0800. The van der Waals surface area contributed by atoms with Gasteiger partial charge in [-0.3, -0.25) is 0 Å². The van der Waals surface area contributed by atoms with Crippen molar-refractivity contribution in [2.24, 2.45) is 11.3 Å². The molecule has 1 N–H and O–H groups in total. The van der Waals surface area contributed by atoms with Crippen molar-refractivity contribution in [2.75, 3.05) is 33.7 Å². The highest BCUT2D eigenvalue weighted by molar-refractivity contribution is 4.91. The summed E-state index contributed by atoms with van der Waals surface area (Å²) < 4.78 is 0. The number of rotatable bonds is 7. The second kappa shape index (κ2) is 5.86. The van der Waals surface area contributed by atoms with Gasteiger partial charge in [-0.15, -0.1) is 0 Å². The van der Waals surface area contributed by atoms with Gasteiger partial charge in [-0.1, -0.05) is 20.3 Å². The van der Waals surface area contributed by atoms with Crippen molar-refractivity contribution in [1.29, 1.82) is 0 Å². The summed E-state index contributed by atoms with van der Waals surface area (Å²) >= 11 is 0. The highest BCUT2D eigenvalue weighted by Gasteiger charge is 2.36. The zero-order chi connectivity index (χ0) is 11.3. The van der Waals surface area contributed by atoms with Gasteiger partial charge in [0.15, 0.2) is 0 Å². The van der Waals surface area contributed by atoms with E-state index in [0.29, 0.717) is 5.41 Å². The normalized spacial score (nSPS) is 19.6. The van der Waals surface area contributed by atoms with Crippen LogP contribution in [0.2, 0.25) is 0 Å². The van der Waals surface area contributed by atoms with E-state index in [2.05, 4.69) is 38.2 Å². The molecule has 90 valence electrons. The molecule has 1 rings (SSSR count). The fourth-order valence-electron chi connectivity index (χ4n) is 2.57. The quantitative estimate of drug-likeness (QED) is 0.697. The van der Waals surface area contributed by atoms with Crippen LogP contribution < -0.4 is 5.32 Å². The monoisotopic (exact) mass is 212 g/mol. The van der Waals surface area contributed by atoms with Crippen LogP contribution in [0.1, 0.15) is 39.5 Å². The molecule has 0 heterocycles. The Labute approximate surface area is 95.4 Å². The zero-order valence-corrected chi connectivity index (χ0v) is 11.0. The van der Waals surface area contributed by atoms with Crippen molar-refractivity contribution >= 4 is 0 Å². The van der Waals surface area contributed by atoms with Crippen molar-refractivity contribution in [3.05, 3.63) is 0 Å². The minimum atomic E-state index is 0.598. The molecule has 1 aliphatic carbocycles. The van der Waals surface area contributed by atoms with Crippen molar-refractivity contribution < 1.29 is 0 Å². The van der Waals surface area contributed by atoms with Gasteiger partial charge >= 0.3 is 0 Å². The number of nitrogens with zero attached hydrogens (tertiary/aromatic N) is 1. The van der Waals surface area contributed by atoms with Crippen LogP contribution in [-0.2, 0) is 0 Å². The van der Waals surface area contributed by atoms with E-state index < -0.39 is 0 Å². The van der Waals surface area contributed by atoms with Gasteiger partial charge in [-0.05, 0) is 51.2 Å². The molecule has 0 saturated heterocycles. The standard InChI is InChI=1S/C13H28N2/c1-12(2)6-9-15(4)11-13(10-14-3)7-5-8-13/h12,14H,5-11H2,1-4H3. The molecule has 15 heavy (non-hydrogen) atoms. The molecule has 0 unspecified atom stereocenters. The van der Waals surface area contributed by atoms with Crippen LogP contribution >= 0.6 is 0 Å². The Bertz CT molecular complexity index is 173. The third-order valence-electron chi connectivity index (χ3n) is 3.66. The molecule has 0 aromatic carbocycles. The van der Waals surface area contributed by atoms with Crippen molar-refractivity contribution in [3.63, 3.8) is 0 Å². The van der Waals surface area contributed by atoms with Gasteiger partial charge < -0.3 is 10.2 Å². The van der Waals surface area contributed by atoms with Gasteiger partial charge in [0, 0.05) is 13.1 Å². The largest absolute Gasteiger partial charge is 0.319 e. The Morgan fingerprint density at radius 1 is 1.33 bits per heavy atom. The third kappa shape index (κ3) is 4.12. The first-order valence-corrected chi connectivity index (χ1v) is 6.41. The summed E-state index contributed by atoms with van der Waals surface area (Å²) in [7, 11) is 4.35. The topological polar surface area (TPSA) is 15.3 Å². The fourth-order valence-corrected chi connectivity index (χ4v) is 2.57. The number of hydrogen-bond donors (Lipinski definition) is 1. The van der Waals surface area contributed by atoms with Crippen LogP contribution in [0.4, 0.5) is 0 Å². The van der Waals surface area contributed by atoms with E-state index in [1.807, 2.05) is 0 Å². The number of nitrogens with one attached hydrogen (secondary N) is 1. The molecule has 0 atom stereocenters. The van der Waals surface area contributed by atoms with Gasteiger partial charge in [-0.2, -0.15) is 0 Å². The smallest absolute Gasteiger partial charge is 0.00471 e. The minimum Gasteiger partial charge on any atom is -0.319 e. The molecule has 0 aromatic rings. The summed E-state index contributed by atoms with van der Waals surface area (Å²) in [6.07, 6.45) is 5.59. The average molecular weight is 212 g/mol. The molecular formula is C13H28N2. The summed E-state index contributed by atoms with van der Waals surface area (Å²) in [5.74, 6) is 0.828. The first-order valence-electron chi connectivity index (χ1n) is 6.41. The Morgan fingerprint density at radius 2 is 2.00 bits per heavy atom. The van der Waals surface area contributed by atoms with Gasteiger partial charge in [-0.25, -0.2) is 0 Å². The maximum atomic E-state index is 3.35. The second-order valence-corrected chi connectivity index (χ2v) is 5.80. The van der Waals surface area contributed by atoms with E-state index in [4.69, 9.17) is 0 Å². The predicted octanol–water partition coefficient (Wildman–Crippen LogP) is 2.35. The average Bonchev–Trinajstić information content (AvgIpc) is 2.11. The molecule has 0 spiro atoms. The highest BCUT2D eigenvalue weighted by atomic mass is 15.1. The molecule has 2 heteroatoms. The van der Waals surface area contributed by atoms with E-state index in [1.165, 1.54) is 45.3 Å². The maximum Gasteiger partial charge on any atom is 0.00471 e. The zero-order valence-electron chi connectivity index (χ0n) is 11.0. The first kappa shape index (κ1) is 13.0. The second-order valence-electron chi connectivity index (χ2n) is 5.80. The predicted molar refractivity (Wildman–Crippen MR) is 67.2 cm³/mol. The van der Waals surface area contributed by atoms with Crippen molar-refractivity contribution in [1.82, 2.24) is 10.2 Å². The van der Waals surface area contributed by atoms with Crippen molar-refractivity contribution in [2.45, 2.75) is 39.5 Å². The Morgan fingerprint density at radius 3 is 2.40 bits per heavy atom.